The summed E-state index contributed by atoms with van der Waals surface area (Å²) in [6.07, 6.45) is 3.47. The smallest absolute Gasteiger partial charge is 0.257 e. The molecule has 1 amide bonds. The van der Waals surface area contributed by atoms with E-state index in [1.54, 1.807) is 18.7 Å². The van der Waals surface area contributed by atoms with Crippen LogP contribution >= 0.6 is 23.2 Å². The van der Waals surface area contributed by atoms with E-state index in [0.29, 0.717) is 29.2 Å². The third kappa shape index (κ3) is 3.08. The first-order valence-electron chi connectivity index (χ1n) is 6.71. The number of aliphatic hydroxyl groups excluding tert-OH is 1. The molecule has 0 spiro atoms. The zero-order valence-electron chi connectivity index (χ0n) is 11.6. The average Bonchev–Trinajstić information content (AvgIpc) is 2.82. The summed E-state index contributed by atoms with van der Waals surface area (Å²) < 4.78 is 0. The van der Waals surface area contributed by atoms with Gasteiger partial charge in [0.2, 0.25) is 0 Å². The molecule has 1 aliphatic rings. The number of aryl methyl sites for hydroxylation is 1. The van der Waals surface area contributed by atoms with E-state index in [1.165, 1.54) is 6.20 Å². The van der Waals surface area contributed by atoms with Gasteiger partial charge in [-0.05, 0) is 33.1 Å². The normalized spacial score (nSPS) is 20.2. The van der Waals surface area contributed by atoms with Crippen LogP contribution in [0, 0.1) is 6.92 Å². The topological polar surface area (TPSA) is 53.4 Å². The Morgan fingerprint density at radius 2 is 2.25 bits per heavy atom. The van der Waals surface area contributed by atoms with Crippen molar-refractivity contribution in [2.24, 2.45) is 0 Å². The van der Waals surface area contributed by atoms with E-state index >= 15 is 0 Å². The van der Waals surface area contributed by atoms with Gasteiger partial charge < -0.3 is 10.0 Å². The van der Waals surface area contributed by atoms with Crippen LogP contribution in [0.2, 0.25) is 10.0 Å². The molecule has 1 aliphatic heterocycles. The minimum Gasteiger partial charge on any atom is -0.393 e. The summed E-state index contributed by atoms with van der Waals surface area (Å²) in [7, 11) is 0. The number of amides is 1. The molecule has 1 fully saturated rings. The highest BCUT2D eigenvalue weighted by atomic mass is 35.5. The van der Waals surface area contributed by atoms with Crippen LogP contribution in [-0.4, -0.2) is 39.6 Å². The van der Waals surface area contributed by atoms with Crippen LogP contribution in [0.25, 0.3) is 0 Å². The lowest BCUT2D eigenvalue weighted by molar-refractivity contribution is 0.0682. The molecule has 2 atom stereocenters. The van der Waals surface area contributed by atoms with Gasteiger partial charge in [-0.3, -0.25) is 9.78 Å². The van der Waals surface area contributed by atoms with Crippen molar-refractivity contribution in [3.8, 4) is 0 Å². The predicted molar refractivity (Wildman–Crippen MR) is 79.4 cm³/mol. The van der Waals surface area contributed by atoms with Gasteiger partial charge in [-0.1, -0.05) is 23.2 Å². The van der Waals surface area contributed by atoms with Gasteiger partial charge in [0.1, 0.15) is 0 Å². The maximum absolute atomic E-state index is 12.6. The lowest BCUT2D eigenvalue weighted by Gasteiger charge is -2.26. The van der Waals surface area contributed by atoms with Crippen LogP contribution in [0.5, 0.6) is 0 Å². The number of halogens is 2. The van der Waals surface area contributed by atoms with Crippen LogP contribution in [0.15, 0.2) is 6.20 Å². The number of aliphatic hydroxyl groups is 1. The predicted octanol–water partition coefficient (Wildman–Crippen LogP) is 3.07. The van der Waals surface area contributed by atoms with Gasteiger partial charge in [-0.15, -0.1) is 0 Å². The third-order valence-electron chi connectivity index (χ3n) is 3.62. The van der Waals surface area contributed by atoms with Gasteiger partial charge in [-0.25, -0.2) is 0 Å². The Morgan fingerprint density at radius 3 is 2.90 bits per heavy atom. The van der Waals surface area contributed by atoms with Crippen molar-refractivity contribution >= 4 is 29.1 Å². The molecule has 2 rings (SSSR count). The minimum atomic E-state index is -0.427. The fraction of sp³-hybridized carbons (Fsp3) is 0.571. The lowest BCUT2D eigenvalue weighted by Crippen LogP contribution is -2.37. The maximum Gasteiger partial charge on any atom is 0.257 e. The van der Waals surface area contributed by atoms with Crippen molar-refractivity contribution in [2.75, 3.05) is 6.54 Å². The van der Waals surface area contributed by atoms with Crippen molar-refractivity contribution in [2.45, 2.75) is 45.3 Å². The molecule has 2 unspecified atom stereocenters. The SMILES string of the molecule is Cc1ncc(C(=O)N2CCCC2CC(C)O)c(Cl)c1Cl. The monoisotopic (exact) mass is 316 g/mol. The molecule has 6 heteroatoms. The number of rotatable bonds is 3. The van der Waals surface area contributed by atoms with Crippen molar-refractivity contribution < 1.29 is 9.90 Å². The minimum absolute atomic E-state index is 0.0543. The molecule has 0 aromatic carbocycles. The molecule has 4 nitrogen and oxygen atoms in total. The van der Waals surface area contributed by atoms with E-state index in [-0.39, 0.29) is 17.0 Å². The summed E-state index contributed by atoms with van der Waals surface area (Å²) in [5.74, 6) is -0.160. The molecule has 20 heavy (non-hydrogen) atoms. The first-order valence-corrected chi connectivity index (χ1v) is 7.47. The van der Waals surface area contributed by atoms with Crippen LogP contribution in [0.4, 0.5) is 0 Å². The zero-order chi connectivity index (χ0) is 14.9. The van der Waals surface area contributed by atoms with Gasteiger partial charge in [0.15, 0.2) is 0 Å². The number of aromatic nitrogens is 1. The number of pyridine rings is 1. The summed E-state index contributed by atoms with van der Waals surface area (Å²) in [4.78, 5) is 18.5. The van der Waals surface area contributed by atoms with Gasteiger partial charge in [-0.2, -0.15) is 0 Å². The fourth-order valence-electron chi connectivity index (χ4n) is 2.60. The molecule has 1 aromatic rings. The Labute approximate surface area is 128 Å². The van der Waals surface area contributed by atoms with Crippen LogP contribution in [0.3, 0.4) is 0 Å². The Kier molecular flexibility index (Phi) is 4.89. The molecule has 1 aromatic heterocycles. The Bertz CT molecular complexity index is 520. The number of hydrogen-bond acceptors (Lipinski definition) is 3. The molecular formula is C14H18Cl2N2O2. The molecule has 1 N–H and O–H groups in total. The first-order chi connectivity index (χ1) is 9.41. The molecular weight excluding hydrogens is 299 g/mol. The largest absolute Gasteiger partial charge is 0.393 e. The number of carbonyl (C=O) groups is 1. The van der Waals surface area contributed by atoms with E-state index in [9.17, 15) is 9.90 Å². The summed E-state index contributed by atoms with van der Waals surface area (Å²) in [6, 6.07) is 0.0543. The molecule has 110 valence electrons. The second-order valence-electron chi connectivity index (χ2n) is 5.26. The quantitative estimate of drug-likeness (QED) is 0.932. The van der Waals surface area contributed by atoms with Crippen LogP contribution in [0.1, 0.15) is 42.2 Å². The average molecular weight is 317 g/mol. The van der Waals surface area contributed by atoms with E-state index in [2.05, 4.69) is 4.98 Å². The molecule has 0 aliphatic carbocycles. The van der Waals surface area contributed by atoms with E-state index in [0.717, 1.165) is 12.8 Å². The van der Waals surface area contributed by atoms with Crippen molar-refractivity contribution in [3.05, 3.63) is 27.5 Å². The summed E-state index contributed by atoms with van der Waals surface area (Å²) in [5, 5.41) is 10.1. The zero-order valence-corrected chi connectivity index (χ0v) is 13.1. The highest BCUT2D eigenvalue weighted by Gasteiger charge is 2.31. The molecule has 0 bridgehead atoms. The highest BCUT2D eigenvalue weighted by Crippen LogP contribution is 2.31. The van der Waals surface area contributed by atoms with Gasteiger partial charge >= 0.3 is 0 Å². The molecule has 0 saturated carbocycles. The lowest BCUT2D eigenvalue weighted by atomic mass is 10.1. The highest BCUT2D eigenvalue weighted by molar-refractivity contribution is 6.44. The van der Waals surface area contributed by atoms with E-state index < -0.39 is 6.10 Å². The van der Waals surface area contributed by atoms with Crippen molar-refractivity contribution in [3.63, 3.8) is 0 Å². The van der Waals surface area contributed by atoms with Gasteiger partial charge in [0.05, 0.1) is 27.4 Å². The second-order valence-corrected chi connectivity index (χ2v) is 6.02. The third-order valence-corrected chi connectivity index (χ3v) is 4.57. The second kappa shape index (κ2) is 6.29. The summed E-state index contributed by atoms with van der Waals surface area (Å²) >= 11 is 12.2. The van der Waals surface area contributed by atoms with Crippen molar-refractivity contribution in [1.82, 2.24) is 9.88 Å². The van der Waals surface area contributed by atoms with Gasteiger partial charge in [0, 0.05) is 18.8 Å². The van der Waals surface area contributed by atoms with Crippen LogP contribution in [-0.2, 0) is 0 Å². The Balaban J connectivity index is 2.25. The van der Waals surface area contributed by atoms with Crippen molar-refractivity contribution in [1.29, 1.82) is 0 Å². The van der Waals surface area contributed by atoms with E-state index in [4.69, 9.17) is 23.2 Å². The number of carbonyl (C=O) groups excluding carboxylic acids is 1. The molecule has 1 saturated heterocycles. The summed E-state index contributed by atoms with van der Waals surface area (Å²) in [6.45, 7) is 4.16. The molecule has 0 radical (unpaired) electrons. The first kappa shape index (κ1) is 15.5. The Morgan fingerprint density at radius 1 is 1.55 bits per heavy atom. The van der Waals surface area contributed by atoms with Crippen LogP contribution < -0.4 is 0 Å². The molecule has 2 heterocycles. The Hall–Kier alpha value is -0.840. The maximum atomic E-state index is 12.6. The van der Waals surface area contributed by atoms with E-state index in [1.807, 2.05) is 0 Å². The van der Waals surface area contributed by atoms with Gasteiger partial charge in [0.25, 0.3) is 5.91 Å². The standard InChI is InChI=1S/C14H18Cl2N2O2/c1-8(19)6-10-4-3-5-18(10)14(20)11-7-17-9(2)12(15)13(11)16/h7-8,10,19H,3-6H2,1-2H3. The number of likely N-dealkylation sites (tertiary alicyclic amines) is 1. The number of hydrogen-bond donors (Lipinski definition) is 1. The summed E-state index contributed by atoms with van der Waals surface area (Å²) in [5.41, 5.74) is 0.940. The fourth-order valence-corrected chi connectivity index (χ4v) is 3.01. The number of nitrogens with zero attached hydrogens (tertiary/aromatic N) is 2.